The molecule has 4 nitrogen and oxygen atoms in total. The van der Waals surface area contributed by atoms with Crippen molar-refractivity contribution in [2.45, 2.75) is 0 Å². The number of benzene rings is 2. The van der Waals surface area contributed by atoms with Crippen LogP contribution in [0.4, 0.5) is 11.5 Å². The molecule has 0 aliphatic heterocycles. The van der Waals surface area contributed by atoms with Gasteiger partial charge in [0.1, 0.15) is 10.6 Å². The quantitative estimate of drug-likeness (QED) is 0.580. The summed E-state index contributed by atoms with van der Waals surface area (Å²) in [4.78, 5) is 13.1. The largest absolute Gasteiger partial charge is 0.499 e. The molecule has 5 heteroatoms. The molecule has 0 saturated carbocycles. The van der Waals surface area contributed by atoms with Gasteiger partial charge in [0.25, 0.3) is 0 Å². The zero-order valence-electron chi connectivity index (χ0n) is 12.6. The molecule has 2 heterocycles. The van der Waals surface area contributed by atoms with Gasteiger partial charge in [0.2, 0.25) is 0 Å². The molecule has 0 aliphatic rings. The number of nitrogens with zero attached hydrogens (tertiary/aromatic N) is 1. The van der Waals surface area contributed by atoms with E-state index in [1.165, 1.54) is 17.4 Å². The number of para-hydroxylation sites is 2. The number of thiophene rings is 1. The monoisotopic (exact) mass is 334 g/mol. The standard InChI is InChI=1S/C19H14N2O2S/c22-16-12-17(20-13-7-3-1-4-8-13)21(14-9-5-2-6-10-14)19-15(16)11-18(23)24-19/h1-12,20,23H. The molecule has 0 fully saturated rings. The minimum Gasteiger partial charge on any atom is -0.499 e. The van der Waals surface area contributed by atoms with E-state index in [0.29, 0.717) is 16.0 Å². The van der Waals surface area contributed by atoms with Gasteiger partial charge in [-0.3, -0.25) is 9.36 Å². The van der Waals surface area contributed by atoms with Gasteiger partial charge < -0.3 is 10.4 Å². The predicted octanol–water partition coefficient (Wildman–Crippen LogP) is 4.50. The molecule has 2 aromatic carbocycles. The van der Waals surface area contributed by atoms with Crippen molar-refractivity contribution in [2.24, 2.45) is 0 Å². The lowest BCUT2D eigenvalue weighted by molar-refractivity contribution is 0.491. The molecule has 118 valence electrons. The summed E-state index contributed by atoms with van der Waals surface area (Å²) in [6, 6.07) is 22.5. The van der Waals surface area contributed by atoms with Gasteiger partial charge in [0, 0.05) is 23.5 Å². The molecule has 0 radical (unpaired) electrons. The van der Waals surface area contributed by atoms with Crippen LogP contribution < -0.4 is 10.7 Å². The maximum absolute atomic E-state index is 12.4. The van der Waals surface area contributed by atoms with E-state index in [0.717, 1.165) is 11.4 Å². The second-order valence-electron chi connectivity index (χ2n) is 5.36. The Labute approximate surface area is 142 Å². The lowest BCUT2D eigenvalue weighted by Gasteiger charge is -2.16. The lowest BCUT2D eigenvalue weighted by atomic mass is 10.2. The Bertz CT molecular complexity index is 1050. The van der Waals surface area contributed by atoms with E-state index in [1.807, 2.05) is 65.2 Å². The number of aromatic hydroxyl groups is 1. The lowest BCUT2D eigenvalue weighted by Crippen LogP contribution is -2.10. The Hall–Kier alpha value is -3.05. The van der Waals surface area contributed by atoms with Crippen LogP contribution in [0.5, 0.6) is 5.06 Å². The molecule has 0 unspecified atom stereocenters. The van der Waals surface area contributed by atoms with Crippen LogP contribution in [0, 0.1) is 0 Å². The first-order valence-electron chi connectivity index (χ1n) is 7.48. The predicted molar refractivity (Wildman–Crippen MR) is 98.8 cm³/mol. The van der Waals surface area contributed by atoms with Crippen LogP contribution in [0.2, 0.25) is 0 Å². The highest BCUT2D eigenvalue weighted by atomic mass is 32.1. The number of rotatable bonds is 3. The van der Waals surface area contributed by atoms with Crippen LogP contribution in [-0.4, -0.2) is 9.67 Å². The fraction of sp³-hybridized carbons (Fsp3) is 0. The SMILES string of the molecule is O=c1cc(Nc2ccccc2)n(-c2ccccc2)c2sc(O)cc12. The number of hydrogen-bond acceptors (Lipinski definition) is 4. The Kier molecular flexibility index (Phi) is 3.55. The van der Waals surface area contributed by atoms with Crippen molar-refractivity contribution in [3.05, 3.63) is 83.0 Å². The number of fused-ring (bicyclic) bond motifs is 1. The molecule has 0 bridgehead atoms. The van der Waals surface area contributed by atoms with E-state index in [4.69, 9.17) is 0 Å². The molecule has 0 spiro atoms. The minimum absolute atomic E-state index is 0.118. The summed E-state index contributed by atoms with van der Waals surface area (Å²) in [5, 5.41) is 13.8. The first-order chi connectivity index (χ1) is 11.7. The van der Waals surface area contributed by atoms with E-state index < -0.39 is 0 Å². The van der Waals surface area contributed by atoms with Crippen LogP contribution in [0.25, 0.3) is 15.9 Å². The van der Waals surface area contributed by atoms with Crippen molar-refractivity contribution < 1.29 is 5.11 Å². The van der Waals surface area contributed by atoms with Crippen LogP contribution in [0.1, 0.15) is 0 Å². The summed E-state index contributed by atoms with van der Waals surface area (Å²) < 4.78 is 1.95. The van der Waals surface area contributed by atoms with Crippen molar-refractivity contribution in [3.63, 3.8) is 0 Å². The molecule has 0 aliphatic carbocycles. The van der Waals surface area contributed by atoms with Gasteiger partial charge in [-0.05, 0) is 24.3 Å². The van der Waals surface area contributed by atoms with Crippen molar-refractivity contribution in [1.29, 1.82) is 0 Å². The fourth-order valence-electron chi connectivity index (χ4n) is 2.68. The first-order valence-corrected chi connectivity index (χ1v) is 8.30. The maximum atomic E-state index is 12.4. The molecule has 0 atom stereocenters. The zero-order valence-corrected chi connectivity index (χ0v) is 13.5. The van der Waals surface area contributed by atoms with Crippen LogP contribution >= 0.6 is 11.3 Å². The van der Waals surface area contributed by atoms with Gasteiger partial charge in [0.15, 0.2) is 10.5 Å². The van der Waals surface area contributed by atoms with Gasteiger partial charge in [-0.1, -0.05) is 47.7 Å². The van der Waals surface area contributed by atoms with E-state index >= 15 is 0 Å². The first kappa shape index (κ1) is 14.5. The summed E-state index contributed by atoms with van der Waals surface area (Å²) in [7, 11) is 0. The van der Waals surface area contributed by atoms with Gasteiger partial charge >= 0.3 is 0 Å². The molecular weight excluding hydrogens is 320 g/mol. The number of hydrogen-bond donors (Lipinski definition) is 2. The molecule has 4 aromatic rings. The zero-order chi connectivity index (χ0) is 16.5. The second kappa shape index (κ2) is 5.86. The smallest absolute Gasteiger partial charge is 0.192 e. The highest BCUT2D eigenvalue weighted by molar-refractivity contribution is 7.20. The summed E-state index contributed by atoms with van der Waals surface area (Å²) in [5.41, 5.74) is 1.69. The molecule has 4 rings (SSSR count). The van der Waals surface area contributed by atoms with Crippen LogP contribution in [0.3, 0.4) is 0 Å². The topological polar surface area (TPSA) is 54.3 Å². The molecule has 2 aromatic heterocycles. The van der Waals surface area contributed by atoms with E-state index in [1.54, 1.807) is 6.07 Å². The molecule has 0 saturated heterocycles. The third kappa shape index (κ3) is 2.55. The van der Waals surface area contributed by atoms with E-state index in [9.17, 15) is 9.90 Å². The van der Waals surface area contributed by atoms with Gasteiger partial charge in [-0.25, -0.2) is 0 Å². The third-order valence-corrected chi connectivity index (χ3v) is 4.66. The van der Waals surface area contributed by atoms with Crippen molar-refractivity contribution in [2.75, 3.05) is 5.32 Å². The number of aromatic nitrogens is 1. The number of nitrogens with one attached hydrogen (secondary N) is 1. The van der Waals surface area contributed by atoms with E-state index in [-0.39, 0.29) is 10.5 Å². The van der Waals surface area contributed by atoms with Crippen molar-refractivity contribution in [1.82, 2.24) is 4.57 Å². The second-order valence-corrected chi connectivity index (χ2v) is 6.37. The Morgan fingerprint density at radius 3 is 2.29 bits per heavy atom. The summed E-state index contributed by atoms with van der Waals surface area (Å²) in [5.74, 6) is 0.659. The highest BCUT2D eigenvalue weighted by Gasteiger charge is 2.14. The Morgan fingerprint density at radius 2 is 1.58 bits per heavy atom. The third-order valence-electron chi connectivity index (χ3n) is 3.74. The van der Waals surface area contributed by atoms with Gasteiger partial charge in [0.05, 0.1) is 5.39 Å². The van der Waals surface area contributed by atoms with E-state index in [2.05, 4.69) is 5.32 Å². The van der Waals surface area contributed by atoms with Crippen LogP contribution in [0.15, 0.2) is 77.6 Å². The van der Waals surface area contributed by atoms with Crippen LogP contribution in [-0.2, 0) is 0 Å². The Morgan fingerprint density at radius 1 is 0.917 bits per heavy atom. The normalized spacial score (nSPS) is 10.8. The molecule has 0 amide bonds. The average molecular weight is 334 g/mol. The van der Waals surface area contributed by atoms with Gasteiger partial charge in [-0.2, -0.15) is 0 Å². The Balaban J connectivity index is 2.00. The maximum Gasteiger partial charge on any atom is 0.192 e. The molecular formula is C19H14N2O2S. The highest BCUT2D eigenvalue weighted by Crippen LogP contribution is 2.33. The molecule has 2 N–H and O–H groups in total. The minimum atomic E-state index is -0.118. The fourth-order valence-corrected chi connectivity index (χ4v) is 3.62. The van der Waals surface area contributed by atoms with Crippen molar-refractivity contribution >= 4 is 33.1 Å². The van der Waals surface area contributed by atoms with Crippen molar-refractivity contribution in [3.8, 4) is 10.8 Å². The van der Waals surface area contributed by atoms with Gasteiger partial charge in [-0.15, -0.1) is 0 Å². The average Bonchev–Trinajstić information content (AvgIpc) is 2.99. The summed E-state index contributed by atoms with van der Waals surface area (Å²) in [6.45, 7) is 0. The molecule has 24 heavy (non-hydrogen) atoms. The summed E-state index contributed by atoms with van der Waals surface area (Å²) >= 11 is 1.19. The summed E-state index contributed by atoms with van der Waals surface area (Å²) in [6.07, 6.45) is 0. The number of pyridine rings is 1. The number of anilines is 2.